The molecule has 0 radical (unpaired) electrons. The molecule has 0 amide bonds. The van der Waals surface area contributed by atoms with Gasteiger partial charge >= 0.3 is 0 Å². The maximum absolute atomic E-state index is 6.49. The van der Waals surface area contributed by atoms with Crippen molar-refractivity contribution in [2.75, 3.05) is 4.90 Å². The lowest BCUT2D eigenvalue weighted by molar-refractivity contribution is 0.663. The Bertz CT molecular complexity index is 3130. The average Bonchev–Trinajstić information content (AvgIpc) is 3.90. The molecule has 8 aromatic carbocycles. The summed E-state index contributed by atoms with van der Waals surface area (Å²) in [5.41, 5.74) is 11.5. The molecule has 3 aromatic heterocycles. The van der Waals surface area contributed by atoms with Gasteiger partial charge in [-0.15, -0.1) is 11.3 Å². The zero-order chi connectivity index (χ0) is 34.2. The van der Waals surface area contributed by atoms with Crippen molar-refractivity contribution in [3.63, 3.8) is 0 Å². The summed E-state index contributed by atoms with van der Waals surface area (Å²) in [6.07, 6.45) is 0. The van der Waals surface area contributed by atoms with Gasteiger partial charge in [-0.25, -0.2) is 0 Å². The van der Waals surface area contributed by atoms with Crippen molar-refractivity contribution in [2.24, 2.45) is 0 Å². The number of hydrogen-bond acceptors (Lipinski definition) is 4. The van der Waals surface area contributed by atoms with E-state index in [1.54, 1.807) is 0 Å². The second-order valence-electron chi connectivity index (χ2n) is 13.3. The van der Waals surface area contributed by atoms with E-state index >= 15 is 0 Å². The smallest absolute Gasteiger partial charge is 0.136 e. The summed E-state index contributed by atoms with van der Waals surface area (Å²) in [5.74, 6) is 0. The molecule has 11 aromatic rings. The van der Waals surface area contributed by atoms with Crippen LogP contribution in [0.4, 0.5) is 17.1 Å². The Kier molecular flexibility index (Phi) is 6.42. The molecule has 0 bridgehead atoms. The van der Waals surface area contributed by atoms with Crippen LogP contribution < -0.4 is 4.90 Å². The third kappa shape index (κ3) is 4.51. The maximum Gasteiger partial charge on any atom is 0.136 e. The minimum absolute atomic E-state index is 0.865. The first-order chi connectivity index (χ1) is 25.8. The molecule has 3 heterocycles. The van der Waals surface area contributed by atoms with Crippen LogP contribution in [0, 0.1) is 0 Å². The van der Waals surface area contributed by atoms with E-state index in [4.69, 9.17) is 8.83 Å². The van der Waals surface area contributed by atoms with Crippen LogP contribution in [-0.2, 0) is 0 Å². The van der Waals surface area contributed by atoms with Gasteiger partial charge in [-0.3, -0.25) is 0 Å². The molecule has 0 atom stereocenters. The van der Waals surface area contributed by atoms with Crippen LogP contribution >= 0.6 is 11.3 Å². The van der Waals surface area contributed by atoms with Crippen molar-refractivity contribution in [1.82, 2.24) is 0 Å². The van der Waals surface area contributed by atoms with E-state index in [9.17, 15) is 0 Å². The molecule has 3 nitrogen and oxygen atoms in total. The quantitative estimate of drug-likeness (QED) is 0.181. The normalized spacial score (nSPS) is 11.8. The lowest BCUT2D eigenvalue weighted by Gasteiger charge is -2.27. The van der Waals surface area contributed by atoms with Crippen molar-refractivity contribution in [3.05, 3.63) is 176 Å². The predicted molar refractivity (Wildman–Crippen MR) is 219 cm³/mol. The number of hydrogen-bond donors (Lipinski definition) is 0. The summed E-state index contributed by atoms with van der Waals surface area (Å²) in [5, 5.41) is 6.95. The van der Waals surface area contributed by atoms with Crippen LogP contribution in [0.25, 0.3) is 86.3 Å². The predicted octanol–water partition coefficient (Wildman–Crippen LogP) is 14.7. The topological polar surface area (TPSA) is 29.5 Å². The fraction of sp³-hybridized carbons (Fsp3) is 0. The van der Waals surface area contributed by atoms with Crippen molar-refractivity contribution in [1.29, 1.82) is 0 Å². The molecule has 244 valence electrons. The number of para-hydroxylation sites is 1. The molecule has 0 spiro atoms. The molecular weight excluding hydrogens is 655 g/mol. The second kappa shape index (κ2) is 11.5. The molecular formula is C48H29NO2S. The van der Waals surface area contributed by atoms with Crippen molar-refractivity contribution >= 4 is 92.4 Å². The Balaban J connectivity index is 1.05. The van der Waals surface area contributed by atoms with E-state index in [0.717, 1.165) is 72.1 Å². The lowest BCUT2D eigenvalue weighted by atomic mass is 10.0. The molecule has 0 saturated carbocycles. The monoisotopic (exact) mass is 683 g/mol. The van der Waals surface area contributed by atoms with Gasteiger partial charge in [0, 0.05) is 53.1 Å². The molecule has 11 rings (SSSR count). The van der Waals surface area contributed by atoms with Gasteiger partial charge in [-0.2, -0.15) is 0 Å². The summed E-state index contributed by atoms with van der Waals surface area (Å²) < 4.78 is 15.2. The highest BCUT2D eigenvalue weighted by molar-refractivity contribution is 7.26. The summed E-state index contributed by atoms with van der Waals surface area (Å²) in [6.45, 7) is 0. The summed E-state index contributed by atoms with van der Waals surface area (Å²) >= 11 is 1.85. The first kappa shape index (κ1) is 29.1. The Hall–Kier alpha value is -6.62. The number of anilines is 3. The van der Waals surface area contributed by atoms with Crippen molar-refractivity contribution in [2.45, 2.75) is 0 Å². The number of thiophene rings is 1. The average molecular weight is 684 g/mol. The van der Waals surface area contributed by atoms with Gasteiger partial charge in [-0.1, -0.05) is 103 Å². The molecule has 0 saturated heterocycles. The van der Waals surface area contributed by atoms with E-state index in [0.29, 0.717) is 0 Å². The van der Waals surface area contributed by atoms with Gasteiger partial charge in [0.25, 0.3) is 0 Å². The zero-order valence-electron chi connectivity index (χ0n) is 27.9. The van der Waals surface area contributed by atoms with Crippen molar-refractivity contribution < 1.29 is 8.83 Å². The number of rotatable bonds is 5. The summed E-state index contributed by atoms with van der Waals surface area (Å²) in [7, 11) is 0. The first-order valence-corrected chi connectivity index (χ1v) is 18.3. The number of nitrogens with zero attached hydrogens (tertiary/aromatic N) is 1. The Morgan fingerprint density at radius 2 is 0.962 bits per heavy atom. The number of fused-ring (bicyclic) bond motifs is 10. The molecule has 0 N–H and O–H groups in total. The van der Waals surface area contributed by atoms with E-state index in [-0.39, 0.29) is 0 Å². The van der Waals surface area contributed by atoms with Crippen LogP contribution in [-0.4, -0.2) is 0 Å². The summed E-state index contributed by atoms with van der Waals surface area (Å²) in [6, 6.07) is 62.6. The zero-order valence-corrected chi connectivity index (χ0v) is 28.7. The molecule has 52 heavy (non-hydrogen) atoms. The number of furan rings is 2. The highest BCUT2D eigenvalue weighted by atomic mass is 32.1. The highest BCUT2D eigenvalue weighted by Gasteiger charge is 2.20. The largest absolute Gasteiger partial charge is 0.456 e. The molecule has 0 fully saturated rings. The maximum atomic E-state index is 6.49. The highest BCUT2D eigenvalue weighted by Crippen LogP contribution is 2.46. The van der Waals surface area contributed by atoms with E-state index < -0.39 is 0 Å². The fourth-order valence-electron chi connectivity index (χ4n) is 7.89. The molecule has 0 aliphatic heterocycles. The third-order valence-electron chi connectivity index (χ3n) is 10.3. The van der Waals surface area contributed by atoms with E-state index in [2.05, 4.69) is 157 Å². The van der Waals surface area contributed by atoms with Crippen LogP contribution in [0.1, 0.15) is 0 Å². The molecule has 0 aliphatic carbocycles. The van der Waals surface area contributed by atoms with E-state index in [1.807, 2.05) is 35.6 Å². The number of benzene rings is 8. The fourth-order valence-corrected chi connectivity index (χ4v) is 9.02. The summed E-state index contributed by atoms with van der Waals surface area (Å²) in [4.78, 5) is 2.40. The van der Waals surface area contributed by atoms with Crippen LogP contribution in [0.3, 0.4) is 0 Å². The Morgan fingerprint density at radius 3 is 1.81 bits per heavy atom. The van der Waals surface area contributed by atoms with Gasteiger partial charge in [0.2, 0.25) is 0 Å². The van der Waals surface area contributed by atoms with E-state index in [1.165, 1.54) is 31.3 Å². The lowest BCUT2D eigenvalue weighted by Crippen LogP contribution is -2.10. The molecule has 0 unspecified atom stereocenters. The van der Waals surface area contributed by atoms with Crippen LogP contribution in [0.5, 0.6) is 0 Å². The molecule has 0 aliphatic rings. The van der Waals surface area contributed by atoms with Gasteiger partial charge < -0.3 is 13.7 Å². The van der Waals surface area contributed by atoms with Crippen LogP contribution in [0.15, 0.2) is 185 Å². The van der Waals surface area contributed by atoms with Crippen molar-refractivity contribution in [3.8, 4) is 22.3 Å². The van der Waals surface area contributed by atoms with Gasteiger partial charge in [0.15, 0.2) is 0 Å². The SMILES string of the molecule is c1ccc(-c2cccc(N(c3ccc(-c4ccc5c(c4)oc4ccc6oc7ccccc7c6c45)cc3)c3cccc4sc5ccccc5c34)c2)cc1. The second-order valence-corrected chi connectivity index (χ2v) is 14.4. The standard InChI is InChI=1S/C48H29NO2S/c1-2-10-30(11-3-1)32-12-8-13-35(28-32)49(39-16-9-19-45-46(39)38-15-5-7-18-44(38)52-45)34-23-20-31(21-24-34)33-22-25-37-43(29-33)51-42-27-26-41-47(48(37)42)36-14-4-6-17-40(36)50-41/h1-29H. The molecule has 4 heteroatoms. The first-order valence-electron chi connectivity index (χ1n) is 17.5. The minimum Gasteiger partial charge on any atom is -0.456 e. The third-order valence-corrected chi connectivity index (χ3v) is 11.4. The Labute approximate surface area is 303 Å². The Morgan fingerprint density at radius 1 is 0.346 bits per heavy atom. The minimum atomic E-state index is 0.865. The van der Waals surface area contributed by atoms with Gasteiger partial charge in [0.1, 0.15) is 22.3 Å². The van der Waals surface area contributed by atoms with Crippen LogP contribution in [0.2, 0.25) is 0 Å². The van der Waals surface area contributed by atoms with Gasteiger partial charge in [0.05, 0.1) is 5.69 Å². The van der Waals surface area contributed by atoms with Gasteiger partial charge in [-0.05, 0) is 95.1 Å².